The second-order valence-corrected chi connectivity index (χ2v) is 8.84. The van der Waals surface area contributed by atoms with Gasteiger partial charge >= 0.3 is 0 Å². The number of nitrogens with zero attached hydrogens (tertiary/aromatic N) is 1. The minimum Gasteiger partial charge on any atom is -0.497 e. The van der Waals surface area contributed by atoms with E-state index in [9.17, 15) is 14.4 Å². The Morgan fingerprint density at radius 1 is 1.03 bits per heavy atom. The highest BCUT2D eigenvalue weighted by molar-refractivity contribution is 6.15. The van der Waals surface area contributed by atoms with Gasteiger partial charge in [-0.2, -0.15) is 0 Å². The standard InChI is InChI=1S/C24H25N3O4/c1-13(2)20-18-19(24(26-20)16-6-4-5-7-17(16)25-23(24)30)22(29)27(21(18)28)12-14-8-10-15(31-3)11-9-14/h4-11,13,18-20,26H,12H2,1-3H3,(H,25,30)/t18-,19+,20-,24-/m1/s1. The minimum atomic E-state index is -1.22. The van der Waals surface area contributed by atoms with Gasteiger partial charge in [0.15, 0.2) is 0 Å². The predicted octanol–water partition coefficient (Wildman–Crippen LogP) is 2.27. The summed E-state index contributed by atoms with van der Waals surface area (Å²) in [6.45, 7) is 4.20. The molecule has 0 radical (unpaired) electrons. The average Bonchev–Trinajstić information content (AvgIpc) is 3.35. The van der Waals surface area contributed by atoms with Gasteiger partial charge in [-0.3, -0.25) is 24.6 Å². The van der Waals surface area contributed by atoms with Crippen molar-refractivity contribution in [1.29, 1.82) is 0 Å². The van der Waals surface area contributed by atoms with Crippen LogP contribution in [-0.4, -0.2) is 35.8 Å². The molecule has 7 nitrogen and oxygen atoms in total. The van der Waals surface area contributed by atoms with Gasteiger partial charge in [-0.1, -0.05) is 44.2 Å². The average molecular weight is 419 g/mol. The zero-order chi connectivity index (χ0) is 21.9. The van der Waals surface area contributed by atoms with E-state index in [4.69, 9.17) is 4.74 Å². The molecule has 3 heterocycles. The van der Waals surface area contributed by atoms with Crippen LogP contribution in [0.5, 0.6) is 5.75 Å². The molecule has 3 aliphatic heterocycles. The number of carbonyl (C=O) groups is 3. The van der Waals surface area contributed by atoms with Gasteiger partial charge in [0, 0.05) is 17.3 Å². The molecule has 2 aromatic carbocycles. The van der Waals surface area contributed by atoms with Gasteiger partial charge in [0.2, 0.25) is 17.7 Å². The first-order chi connectivity index (χ1) is 14.9. The number of nitrogens with one attached hydrogen (secondary N) is 2. The molecule has 0 aromatic heterocycles. The lowest BCUT2D eigenvalue weighted by molar-refractivity contribution is -0.143. The van der Waals surface area contributed by atoms with Crippen molar-refractivity contribution in [2.24, 2.45) is 17.8 Å². The maximum atomic E-state index is 13.7. The van der Waals surface area contributed by atoms with E-state index < -0.39 is 17.4 Å². The van der Waals surface area contributed by atoms with Crippen molar-refractivity contribution in [3.05, 3.63) is 59.7 Å². The maximum absolute atomic E-state index is 13.7. The van der Waals surface area contributed by atoms with Crippen LogP contribution in [0.2, 0.25) is 0 Å². The second kappa shape index (κ2) is 6.92. The quantitative estimate of drug-likeness (QED) is 0.743. The molecule has 160 valence electrons. The Bertz CT molecular complexity index is 1080. The summed E-state index contributed by atoms with van der Waals surface area (Å²) in [4.78, 5) is 41.8. The zero-order valence-corrected chi connectivity index (χ0v) is 17.7. The molecule has 7 heteroatoms. The first-order valence-electron chi connectivity index (χ1n) is 10.5. The Kier molecular flexibility index (Phi) is 4.41. The highest BCUT2D eigenvalue weighted by atomic mass is 16.5. The fourth-order valence-corrected chi connectivity index (χ4v) is 5.39. The second-order valence-electron chi connectivity index (χ2n) is 8.84. The van der Waals surface area contributed by atoms with Crippen molar-refractivity contribution >= 4 is 23.4 Å². The van der Waals surface area contributed by atoms with E-state index in [2.05, 4.69) is 10.6 Å². The lowest BCUT2D eigenvalue weighted by Crippen LogP contribution is -2.53. The van der Waals surface area contributed by atoms with Crippen LogP contribution in [-0.2, 0) is 26.5 Å². The van der Waals surface area contributed by atoms with Crippen molar-refractivity contribution in [3.8, 4) is 5.75 Å². The number of amides is 3. The molecule has 3 aliphatic rings. The van der Waals surface area contributed by atoms with Crippen LogP contribution in [0.25, 0.3) is 0 Å². The van der Waals surface area contributed by atoms with Crippen molar-refractivity contribution in [2.45, 2.75) is 32.0 Å². The maximum Gasteiger partial charge on any atom is 0.250 e. The third-order valence-corrected chi connectivity index (χ3v) is 6.87. The number of hydrogen-bond acceptors (Lipinski definition) is 5. The molecular formula is C24H25N3O4. The van der Waals surface area contributed by atoms with Gasteiger partial charge in [0.1, 0.15) is 11.3 Å². The molecule has 2 N–H and O–H groups in total. The number of anilines is 1. The summed E-state index contributed by atoms with van der Waals surface area (Å²) in [6, 6.07) is 14.4. The molecule has 2 saturated heterocycles. The van der Waals surface area contributed by atoms with Crippen LogP contribution in [0.15, 0.2) is 48.5 Å². The highest BCUT2D eigenvalue weighted by Crippen LogP contribution is 2.54. The number of imide groups is 1. The SMILES string of the molecule is COc1ccc(CN2C(=O)[C@H]3[C@@H](C(C)C)N[C@@]4(C(=O)Nc5ccccc54)[C@@H]3C2=O)cc1. The molecular weight excluding hydrogens is 394 g/mol. The molecule has 0 aliphatic carbocycles. The van der Waals surface area contributed by atoms with E-state index >= 15 is 0 Å². The van der Waals surface area contributed by atoms with Crippen LogP contribution >= 0.6 is 0 Å². The Labute approximate surface area is 180 Å². The molecule has 0 unspecified atom stereocenters. The van der Waals surface area contributed by atoms with Gasteiger partial charge < -0.3 is 10.1 Å². The third kappa shape index (κ3) is 2.66. The summed E-state index contributed by atoms with van der Waals surface area (Å²) in [6.07, 6.45) is 0. The van der Waals surface area contributed by atoms with Gasteiger partial charge in [-0.25, -0.2) is 0 Å². The van der Waals surface area contributed by atoms with Gasteiger partial charge in [-0.05, 0) is 29.7 Å². The topological polar surface area (TPSA) is 87.7 Å². The van der Waals surface area contributed by atoms with E-state index in [0.29, 0.717) is 11.4 Å². The monoisotopic (exact) mass is 419 g/mol. The molecule has 3 amide bonds. The number of para-hydroxylation sites is 1. The molecule has 0 saturated carbocycles. The fraction of sp³-hybridized carbons (Fsp3) is 0.375. The first kappa shape index (κ1) is 19.8. The van der Waals surface area contributed by atoms with Gasteiger partial charge in [0.05, 0.1) is 25.5 Å². The first-order valence-corrected chi connectivity index (χ1v) is 10.5. The normalized spacial score (nSPS) is 29.0. The van der Waals surface area contributed by atoms with E-state index in [1.807, 2.05) is 62.4 Å². The number of rotatable bonds is 4. The summed E-state index contributed by atoms with van der Waals surface area (Å²) < 4.78 is 5.19. The van der Waals surface area contributed by atoms with Crippen LogP contribution in [0.3, 0.4) is 0 Å². The molecule has 2 aromatic rings. The lowest BCUT2D eigenvalue weighted by Gasteiger charge is -2.30. The van der Waals surface area contributed by atoms with E-state index in [0.717, 1.165) is 11.1 Å². The van der Waals surface area contributed by atoms with E-state index in [1.165, 1.54) is 4.90 Å². The minimum absolute atomic E-state index is 0.0742. The van der Waals surface area contributed by atoms with Gasteiger partial charge in [0.25, 0.3) is 0 Å². The summed E-state index contributed by atoms with van der Waals surface area (Å²) in [5, 5.41) is 6.35. The Morgan fingerprint density at radius 3 is 2.42 bits per heavy atom. The zero-order valence-electron chi connectivity index (χ0n) is 17.7. The smallest absolute Gasteiger partial charge is 0.250 e. The lowest BCUT2D eigenvalue weighted by atomic mass is 9.76. The molecule has 2 fully saturated rings. The van der Waals surface area contributed by atoms with Crippen molar-refractivity contribution in [3.63, 3.8) is 0 Å². The van der Waals surface area contributed by atoms with Crippen LogP contribution in [0, 0.1) is 17.8 Å². The number of hydrogen-bond donors (Lipinski definition) is 2. The van der Waals surface area contributed by atoms with Crippen molar-refractivity contribution in [1.82, 2.24) is 10.2 Å². The summed E-state index contributed by atoms with van der Waals surface area (Å²) in [5.74, 6) is -1.34. The third-order valence-electron chi connectivity index (χ3n) is 6.87. The summed E-state index contributed by atoms with van der Waals surface area (Å²) >= 11 is 0. The van der Waals surface area contributed by atoms with E-state index in [-0.39, 0.29) is 36.2 Å². The Balaban J connectivity index is 1.56. The molecule has 5 rings (SSSR count). The molecule has 0 bridgehead atoms. The van der Waals surface area contributed by atoms with Crippen molar-refractivity contribution < 1.29 is 19.1 Å². The number of benzene rings is 2. The van der Waals surface area contributed by atoms with Gasteiger partial charge in [-0.15, -0.1) is 0 Å². The molecule has 31 heavy (non-hydrogen) atoms. The number of likely N-dealkylation sites (tertiary alicyclic amines) is 1. The predicted molar refractivity (Wildman–Crippen MR) is 114 cm³/mol. The van der Waals surface area contributed by atoms with Crippen LogP contribution in [0.4, 0.5) is 5.69 Å². The van der Waals surface area contributed by atoms with Crippen LogP contribution in [0.1, 0.15) is 25.0 Å². The number of ether oxygens (including phenoxy) is 1. The largest absolute Gasteiger partial charge is 0.497 e. The summed E-state index contributed by atoms with van der Waals surface area (Å²) in [7, 11) is 1.59. The van der Waals surface area contributed by atoms with Crippen molar-refractivity contribution in [2.75, 3.05) is 12.4 Å². The molecule has 4 atom stereocenters. The Morgan fingerprint density at radius 2 is 1.74 bits per heavy atom. The van der Waals surface area contributed by atoms with E-state index in [1.54, 1.807) is 7.11 Å². The number of fused-ring (bicyclic) bond motifs is 4. The highest BCUT2D eigenvalue weighted by Gasteiger charge is 2.70. The number of methoxy groups -OCH3 is 1. The Hall–Kier alpha value is -3.19. The summed E-state index contributed by atoms with van der Waals surface area (Å²) in [5.41, 5.74) is 1.04. The molecule has 1 spiro atoms. The fourth-order valence-electron chi connectivity index (χ4n) is 5.39. The van der Waals surface area contributed by atoms with Crippen LogP contribution < -0.4 is 15.4 Å². The number of carbonyl (C=O) groups excluding carboxylic acids is 3.